The number of morpholine rings is 1. The van der Waals surface area contributed by atoms with Crippen molar-refractivity contribution in [2.45, 2.75) is 24.9 Å². The Morgan fingerprint density at radius 3 is 2.25 bits per heavy atom. The monoisotopic (exact) mass is 609 g/mol. The molecule has 0 bridgehead atoms. The Balaban J connectivity index is 1.25. The molecule has 230 valence electrons. The van der Waals surface area contributed by atoms with Gasteiger partial charge in [-0.05, 0) is 61.4 Å². The van der Waals surface area contributed by atoms with Crippen LogP contribution in [0.1, 0.15) is 40.4 Å². The van der Waals surface area contributed by atoms with E-state index in [0.29, 0.717) is 86.4 Å². The summed E-state index contributed by atoms with van der Waals surface area (Å²) in [6.07, 6.45) is -3.29. The van der Waals surface area contributed by atoms with Crippen LogP contribution in [0.3, 0.4) is 0 Å². The van der Waals surface area contributed by atoms with E-state index in [9.17, 15) is 22.8 Å². The number of nitrogens with one attached hydrogen (secondary N) is 2. The Hall–Kier alpha value is -4.72. The number of hydrogen-bond acceptors (Lipinski definition) is 8. The van der Waals surface area contributed by atoms with E-state index in [1.54, 1.807) is 17.0 Å². The van der Waals surface area contributed by atoms with Crippen LogP contribution in [0.4, 0.5) is 29.5 Å². The van der Waals surface area contributed by atoms with Crippen molar-refractivity contribution in [1.29, 1.82) is 0 Å². The van der Waals surface area contributed by atoms with Crippen molar-refractivity contribution < 1.29 is 32.0 Å². The van der Waals surface area contributed by atoms with Gasteiger partial charge in [0.25, 0.3) is 5.91 Å². The van der Waals surface area contributed by atoms with Gasteiger partial charge in [-0.3, -0.25) is 4.79 Å². The molecule has 2 fully saturated rings. The first-order chi connectivity index (χ1) is 21.2. The van der Waals surface area contributed by atoms with Crippen LogP contribution < -0.4 is 15.5 Å². The number of anilines is 2. The maximum Gasteiger partial charge on any atom is 0.416 e. The minimum atomic E-state index is -4.46. The topological polar surface area (TPSA) is 126 Å². The van der Waals surface area contributed by atoms with Gasteiger partial charge in [-0.15, -0.1) is 0 Å². The normalized spacial score (nSPS) is 16.3. The summed E-state index contributed by atoms with van der Waals surface area (Å²) in [7, 11) is 1.54. The van der Waals surface area contributed by atoms with Crippen molar-refractivity contribution in [3.05, 3.63) is 65.4 Å². The van der Waals surface area contributed by atoms with Crippen molar-refractivity contribution in [3.8, 4) is 11.4 Å². The number of alkyl halides is 3. The Bertz CT molecular complexity index is 1640. The summed E-state index contributed by atoms with van der Waals surface area (Å²) in [5.41, 5.74) is 2.53. The van der Waals surface area contributed by atoms with Gasteiger partial charge >= 0.3 is 12.2 Å². The number of carbonyl (C=O) groups is 2. The third-order valence-electron chi connectivity index (χ3n) is 7.89. The van der Waals surface area contributed by atoms with Gasteiger partial charge in [0, 0.05) is 56.0 Å². The lowest BCUT2D eigenvalue weighted by molar-refractivity contribution is -0.137. The molecule has 4 heterocycles. The highest BCUT2D eigenvalue weighted by atomic mass is 19.4. The molecule has 2 aromatic heterocycles. The summed E-state index contributed by atoms with van der Waals surface area (Å²) < 4.78 is 50.2. The first kappa shape index (κ1) is 29.4. The van der Waals surface area contributed by atoms with Gasteiger partial charge in [-0.1, -0.05) is 5.16 Å². The summed E-state index contributed by atoms with van der Waals surface area (Å²) in [5, 5.41) is 9.67. The predicted octanol–water partition coefficient (Wildman–Crippen LogP) is 4.91. The fraction of sp³-hybridized carbons (Fsp3) is 0.367. The number of piperidine rings is 1. The van der Waals surface area contributed by atoms with E-state index in [2.05, 4.69) is 20.7 Å². The lowest BCUT2D eigenvalue weighted by Gasteiger charge is -2.31. The van der Waals surface area contributed by atoms with E-state index in [-0.39, 0.29) is 23.4 Å². The molecule has 2 aromatic carbocycles. The summed E-state index contributed by atoms with van der Waals surface area (Å²) in [6, 6.07) is 11.2. The Labute approximate surface area is 250 Å². The Morgan fingerprint density at radius 1 is 0.932 bits per heavy atom. The molecule has 2 saturated heterocycles. The lowest BCUT2D eigenvalue weighted by atomic mass is 9.92. The number of amides is 3. The molecule has 3 amide bonds. The minimum Gasteiger partial charge on any atom is -0.378 e. The van der Waals surface area contributed by atoms with Gasteiger partial charge < -0.3 is 29.7 Å². The molecular formula is C30H30F3N7O4. The number of fused-ring (bicyclic) bond motifs is 1. The molecule has 0 spiro atoms. The average molecular weight is 610 g/mol. The molecule has 0 atom stereocenters. The highest BCUT2D eigenvalue weighted by Crippen LogP contribution is 2.37. The third-order valence-corrected chi connectivity index (χ3v) is 7.89. The molecule has 2 aliphatic rings. The molecule has 0 radical (unpaired) electrons. The van der Waals surface area contributed by atoms with Crippen molar-refractivity contribution in [1.82, 2.24) is 25.3 Å². The molecule has 0 unspecified atom stereocenters. The van der Waals surface area contributed by atoms with Crippen LogP contribution in [0.15, 0.2) is 53.1 Å². The second-order valence-corrected chi connectivity index (χ2v) is 10.6. The second kappa shape index (κ2) is 12.1. The van der Waals surface area contributed by atoms with E-state index in [1.165, 1.54) is 19.2 Å². The van der Waals surface area contributed by atoms with Gasteiger partial charge in [0.15, 0.2) is 11.6 Å². The Kier molecular flexibility index (Phi) is 8.08. The summed E-state index contributed by atoms with van der Waals surface area (Å²) in [4.78, 5) is 38.2. The van der Waals surface area contributed by atoms with Gasteiger partial charge in [0.1, 0.15) is 11.2 Å². The van der Waals surface area contributed by atoms with Crippen LogP contribution in [0.25, 0.3) is 22.5 Å². The van der Waals surface area contributed by atoms with Crippen LogP contribution >= 0.6 is 0 Å². The number of rotatable bonds is 5. The number of likely N-dealkylation sites (tertiary alicyclic amines) is 1. The zero-order chi connectivity index (χ0) is 30.8. The molecule has 44 heavy (non-hydrogen) atoms. The lowest BCUT2D eigenvalue weighted by Crippen LogP contribution is -2.38. The van der Waals surface area contributed by atoms with E-state index in [1.807, 2.05) is 12.1 Å². The van der Waals surface area contributed by atoms with Crippen LogP contribution in [-0.4, -0.2) is 78.4 Å². The summed E-state index contributed by atoms with van der Waals surface area (Å²) in [5.74, 6) is 0.738. The fourth-order valence-corrected chi connectivity index (χ4v) is 5.46. The molecule has 11 nitrogen and oxygen atoms in total. The van der Waals surface area contributed by atoms with Crippen molar-refractivity contribution >= 4 is 34.5 Å². The van der Waals surface area contributed by atoms with Crippen LogP contribution in [0.5, 0.6) is 0 Å². The number of urea groups is 1. The maximum atomic E-state index is 13.0. The van der Waals surface area contributed by atoms with Crippen molar-refractivity contribution in [3.63, 3.8) is 0 Å². The summed E-state index contributed by atoms with van der Waals surface area (Å²) in [6.45, 7) is 3.17. The van der Waals surface area contributed by atoms with Gasteiger partial charge in [-0.25, -0.2) is 14.8 Å². The predicted molar refractivity (Wildman–Crippen MR) is 155 cm³/mol. The number of ether oxygens (including phenoxy) is 1. The second-order valence-electron chi connectivity index (χ2n) is 10.6. The smallest absolute Gasteiger partial charge is 0.378 e. The molecular weight excluding hydrogens is 579 g/mol. The molecule has 0 saturated carbocycles. The van der Waals surface area contributed by atoms with Crippen molar-refractivity contribution in [2.75, 3.05) is 56.7 Å². The number of benzene rings is 2. The fourth-order valence-electron chi connectivity index (χ4n) is 5.46. The SMILES string of the molecule is CNC(=O)Nc1ccc(-c2nc(N3CCOCC3)c3onc(C4CCN(C(=O)c5ccc(C(F)(F)F)cc5)CC4)c3n2)cc1. The average Bonchev–Trinajstić information content (AvgIpc) is 3.48. The zero-order valence-electron chi connectivity index (χ0n) is 23.9. The van der Waals surface area contributed by atoms with Crippen LogP contribution in [0, 0.1) is 0 Å². The Morgan fingerprint density at radius 2 is 1.61 bits per heavy atom. The molecule has 14 heteroatoms. The molecule has 0 aliphatic carbocycles. The zero-order valence-corrected chi connectivity index (χ0v) is 23.9. The van der Waals surface area contributed by atoms with Crippen LogP contribution in [0.2, 0.25) is 0 Å². The first-order valence-corrected chi connectivity index (χ1v) is 14.3. The number of hydrogen-bond donors (Lipinski definition) is 2. The highest BCUT2D eigenvalue weighted by molar-refractivity contribution is 5.94. The van der Waals surface area contributed by atoms with Gasteiger partial charge in [0.05, 0.1) is 18.8 Å². The van der Waals surface area contributed by atoms with Gasteiger partial charge in [-0.2, -0.15) is 13.2 Å². The molecule has 6 rings (SSSR count). The van der Waals surface area contributed by atoms with Crippen LogP contribution in [-0.2, 0) is 10.9 Å². The number of nitrogens with zero attached hydrogens (tertiary/aromatic N) is 5. The largest absolute Gasteiger partial charge is 0.416 e. The minimum absolute atomic E-state index is 0.0488. The standard InChI is InChI=1S/C30H30F3N7O4/c1-34-29(42)35-22-8-4-19(5-9-22)26-36-24-23(38-44-25(24)27(37-26)39-14-16-43-17-15-39)18-10-12-40(13-11-18)28(41)20-2-6-21(7-3-20)30(31,32)33/h2-9,18H,10-17H2,1H3,(H2,34,35,42). The van der Waals surface area contributed by atoms with E-state index >= 15 is 0 Å². The van der Waals surface area contributed by atoms with E-state index in [4.69, 9.17) is 19.2 Å². The van der Waals surface area contributed by atoms with E-state index in [0.717, 1.165) is 17.7 Å². The van der Waals surface area contributed by atoms with Gasteiger partial charge in [0.2, 0.25) is 5.58 Å². The highest BCUT2D eigenvalue weighted by Gasteiger charge is 2.33. The number of halogens is 3. The first-order valence-electron chi connectivity index (χ1n) is 14.3. The third kappa shape index (κ3) is 6.02. The van der Waals surface area contributed by atoms with E-state index < -0.39 is 11.7 Å². The van der Waals surface area contributed by atoms with Crippen molar-refractivity contribution in [2.24, 2.45) is 0 Å². The molecule has 4 aromatic rings. The quantitative estimate of drug-likeness (QED) is 0.327. The number of aromatic nitrogens is 3. The molecule has 2 N–H and O–H groups in total. The molecule has 2 aliphatic heterocycles. The summed E-state index contributed by atoms with van der Waals surface area (Å²) >= 11 is 0. The number of carbonyl (C=O) groups excluding carboxylic acids is 2. The maximum absolute atomic E-state index is 13.0.